The average Bonchev–Trinajstić information content (AvgIpc) is 2.72. The van der Waals surface area contributed by atoms with Crippen molar-refractivity contribution in [1.82, 2.24) is 4.90 Å². The van der Waals surface area contributed by atoms with Gasteiger partial charge in [-0.05, 0) is 48.1 Å². The van der Waals surface area contributed by atoms with Gasteiger partial charge in [0.25, 0.3) is 5.91 Å². The topological polar surface area (TPSA) is 32.8 Å². The van der Waals surface area contributed by atoms with Gasteiger partial charge in [0, 0.05) is 25.3 Å². The average molecular weight is 397 g/mol. The fourth-order valence-corrected chi connectivity index (χ4v) is 4.28. The van der Waals surface area contributed by atoms with Crippen LogP contribution in [-0.2, 0) is 16.1 Å². The van der Waals surface area contributed by atoms with E-state index in [-0.39, 0.29) is 23.9 Å². The monoisotopic (exact) mass is 396 g/mol. The second kappa shape index (κ2) is 8.25. The molecule has 4 nitrogen and oxygen atoms in total. The van der Waals surface area contributed by atoms with E-state index in [9.17, 15) is 9.18 Å². The molecular weight excluding hydrogens is 367 g/mol. The zero-order valence-electron chi connectivity index (χ0n) is 17.2. The molecule has 4 rings (SSSR count). The number of ether oxygens (including phenoxy) is 1. The highest BCUT2D eigenvalue weighted by molar-refractivity contribution is 5.95. The van der Waals surface area contributed by atoms with Gasteiger partial charge in [-0.25, -0.2) is 4.39 Å². The number of amides is 1. The molecule has 2 saturated heterocycles. The van der Waals surface area contributed by atoms with Gasteiger partial charge >= 0.3 is 0 Å². The normalized spacial score (nSPS) is 19.9. The Morgan fingerprint density at radius 2 is 1.83 bits per heavy atom. The fraction of sp³-hybridized carbons (Fsp3) is 0.458. The first-order valence-corrected chi connectivity index (χ1v) is 10.5. The number of hydrogen-bond donors (Lipinski definition) is 0. The van der Waals surface area contributed by atoms with Gasteiger partial charge in [-0.3, -0.25) is 9.69 Å². The van der Waals surface area contributed by atoms with Crippen molar-refractivity contribution in [2.75, 3.05) is 31.1 Å². The summed E-state index contributed by atoms with van der Waals surface area (Å²) < 4.78 is 19.7. The van der Waals surface area contributed by atoms with Gasteiger partial charge in [0.1, 0.15) is 12.4 Å². The van der Waals surface area contributed by atoms with Crippen LogP contribution >= 0.6 is 0 Å². The van der Waals surface area contributed by atoms with Crippen LogP contribution < -0.4 is 4.90 Å². The molecule has 2 aliphatic heterocycles. The van der Waals surface area contributed by atoms with E-state index in [1.165, 1.54) is 23.3 Å². The third-order valence-corrected chi connectivity index (χ3v) is 6.19. The lowest BCUT2D eigenvalue weighted by Crippen LogP contribution is -2.58. The van der Waals surface area contributed by atoms with Crippen molar-refractivity contribution < 1.29 is 13.9 Å². The van der Waals surface area contributed by atoms with Crippen molar-refractivity contribution in [3.63, 3.8) is 0 Å². The Morgan fingerprint density at radius 1 is 1.10 bits per heavy atom. The zero-order chi connectivity index (χ0) is 20.4. The molecule has 5 heteroatoms. The number of halogens is 1. The molecule has 2 aromatic carbocycles. The molecule has 0 atom stereocenters. The van der Waals surface area contributed by atoms with Crippen LogP contribution in [0.2, 0.25) is 0 Å². The lowest BCUT2D eigenvalue weighted by Gasteiger charge is -2.47. The van der Waals surface area contributed by atoms with Crippen molar-refractivity contribution >= 4 is 11.6 Å². The molecule has 2 fully saturated rings. The lowest BCUT2D eigenvalue weighted by atomic mass is 9.88. The molecule has 0 unspecified atom stereocenters. The van der Waals surface area contributed by atoms with Gasteiger partial charge < -0.3 is 9.64 Å². The highest BCUT2D eigenvalue weighted by atomic mass is 19.1. The molecule has 1 spiro atoms. The van der Waals surface area contributed by atoms with Crippen LogP contribution in [0.15, 0.2) is 48.5 Å². The van der Waals surface area contributed by atoms with Gasteiger partial charge in [0.05, 0.1) is 12.1 Å². The Morgan fingerprint density at radius 3 is 2.48 bits per heavy atom. The molecule has 0 radical (unpaired) electrons. The predicted molar refractivity (Wildman–Crippen MR) is 112 cm³/mol. The van der Waals surface area contributed by atoms with Crippen molar-refractivity contribution in [2.45, 2.75) is 44.8 Å². The summed E-state index contributed by atoms with van der Waals surface area (Å²) >= 11 is 0. The highest BCUT2D eigenvalue weighted by Gasteiger charge is 2.42. The summed E-state index contributed by atoms with van der Waals surface area (Å²) in [6, 6.07) is 15.1. The molecule has 2 heterocycles. The standard InChI is InChI=1S/C24H29FN2O2/c1-18(2)20-8-6-19(7-9-20)15-26-12-10-24(11-13-26)17-27(23(28)16-29-24)22-5-3-4-21(25)14-22/h3-9,14,18H,10-13,15-17H2,1-2H3. The van der Waals surface area contributed by atoms with Crippen molar-refractivity contribution in [1.29, 1.82) is 0 Å². The minimum Gasteiger partial charge on any atom is -0.363 e. The molecule has 0 N–H and O–H groups in total. The molecular formula is C24H29FN2O2. The largest absolute Gasteiger partial charge is 0.363 e. The molecule has 2 aromatic rings. The number of rotatable bonds is 4. The van der Waals surface area contributed by atoms with E-state index in [2.05, 4.69) is 43.0 Å². The minimum absolute atomic E-state index is 0.0627. The van der Waals surface area contributed by atoms with E-state index >= 15 is 0 Å². The Labute approximate surface area is 172 Å². The minimum atomic E-state index is -0.335. The number of benzene rings is 2. The summed E-state index contributed by atoms with van der Waals surface area (Å²) in [5.41, 5.74) is 2.97. The van der Waals surface area contributed by atoms with Crippen LogP contribution in [0.1, 0.15) is 43.7 Å². The molecule has 0 bridgehead atoms. The van der Waals surface area contributed by atoms with Crippen LogP contribution in [0.25, 0.3) is 0 Å². The number of anilines is 1. The molecule has 2 aliphatic rings. The van der Waals surface area contributed by atoms with Crippen molar-refractivity contribution in [2.24, 2.45) is 0 Å². The maximum atomic E-state index is 13.6. The number of carbonyl (C=O) groups is 1. The summed E-state index contributed by atoms with van der Waals surface area (Å²) in [4.78, 5) is 16.5. The SMILES string of the molecule is CC(C)c1ccc(CN2CCC3(CC2)CN(c2cccc(F)c2)C(=O)CO3)cc1. The second-order valence-corrected chi connectivity index (χ2v) is 8.60. The number of hydrogen-bond acceptors (Lipinski definition) is 3. The second-order valence-electron chi connectivity index (χ2n) is 8.60. The summed E-state index contributed by atoms with van der Waals surface area (Å²) in [6.45, 7) is 7.76. The molecule has 0 saturated carbocycles. The summed E-state index contributed by atoms with van der Waals surface area (Å²) in [7, 11) is 0. The van der Waals surface area contributed by atoms with Gasteiger partial charge in [-0.15, -0.1) is 0 Å². The smallest absolute Gasteiger partial charge is 0.253 e. The number of nitrogens with zero attached hydrogens (tertiary/aromatic N) is 2. The molecule has 154 valence electrons. The van der Waals surface area contributed by atoms with E-state index in [0.717, 1.165) is 32.5 Å². The van der Waals surface area contributed by atoms with Gasteiger partial charge in [0.15, 0.2) is 0 Å². The van der Waals surface area contributed by atoms with Gasteiger partial charge in [-0.1, -0.05) is 44.2 Å². The maximum Gasteiger partial charge on any atom is 0.253 e. The molecule has 0 aromatic heterocycles. The van der Waals surface area contributed by atoms with Crippen LogP contribution in [0.5, 0.6) is 0 Å². The number of carbonyl (C=O) groups excluding carboxylic acids is 1. The molecule has 1 amide bonds. The Balaban J connectivity index is 1.38. The van der Waals surface area contributed by atoms with E-state index in [0.29, 0.717) is 18.2 Å². The Bertz CT molecular complexity index is 857. The summed E-state index contributed by atoms with van der Waals surface area (Å²) in [6.07, 6.45) is 1.74. The van der Waals surface area contributed by atoms with E-state index in [1.807, 2.05) is 0 Å². The van der Waals surface area contributed by atoms with Crippen LogP contribution in [0, 0.1) is 5.82 Å². The Hall–Kier alpha value is -2.24. The molecule has 0 aliphatic carbocycles. The van der Waals surface area contributed by atoms with Crippen molar-refractivity contribution in [3.05, 3.63) is 65.5 Å². The quantitative estimate of drug-likeness (QED) is 0.770. The first kappa shape index (κ1) is 20.0. The van der Waals surface area contributed by atoms with Gasteiger partial charge in [0.2, 0.25) is 0 Å². The fourth-order valence-electron chi connectivity index (χ4n) is 4.28. The van der Waals surface area contributed by atoms with E-state index < -0.39 is 0 Å². The third-order valence-electron chi connectivity index (χ3n) is 6.19. The number of morpholine rings is 1. The van der Waals surface area contributed by atoms with Crippen LogP contribution in [-0.4, -0.2) is 42.6 Å². The number of likely N-dealkylation sites (tertiary alicyclic amines) is 1. The summed E-state index contributed by atoms with van der Waals surface area (Å²) in [5.74, 6) is 0.120. The van der Waals surface area contributed by atoms with E-state index in [1.54, 1.807) is 17.0 Å². The maximum absolute atomic E-state index is 13.6. The summed E-state index contributed by atoms with van der Waals surface area (Å²) in [5, 5.41) is 0. The number of piperidine rings is 1. The van der Waals surface area contributed by atoms with Crippen LogP contribution in [0.3, 0.4) is 0 Å². The zero-order valence-corrected chi connectivity index (χ0v) is 17.2. The highest BCUT2D eigenvalue weighted by Crippen LogP contribution is 2.33. The first-order chi connectivity index (χ1) is 13.9. The lowest BCUT2D eigenvalue weighted by molar-refractivity contribution is -0.144. The van der Waals surface area contributed by atoms with E-state index in [4.69, 9.17) is 4.74 Å². The first-order valence-electron chi connectivity index (χ1n) is 10.5. The third kappa shape index (κ3) is 4.51. The van der Waals surface area contributed by atoms with Crippen LogP contribution in [0.4, 0.5) is 10.1 Å². The Kier molecular flexibility index (Phi) is 5.70. The van der Waals surface area contributed by atoms with Crippen molar-refractivity contribution in [3.8, 4) is 0 Å². The van der Waals surface area contributed by atoms with Gasteiger partial charge in [-0.2, -0.15) is 0 Å². The molecule has 29 heavy (non-hydrogen) atoms. The predicted octanol–water partition coefficient (Wildman–Crippen LogP) is 4.35.